The molecule has 0 fully saturated rings. The summed E-state index contributed by atoms with van der Waals surface area (Å²) in [5, 5.41) is 9.87. The van der Waals surface area contributed by atoms with Crippen molar-refractivity contribution in [1.82, 2.24) is 4.72 Å². The van der Waals surface area contributed by atoms with Crippen molar-refractivity contribution in [2.75, 3.05) is 12.3 Å². The fraction of sp³-hybridized carbons (Fsp3) is 0.571. The van der Waals surface area contributed by atoms with Gasteiger partial charge < -0.3 is 10.8 Å². The lowest BCUT2D eigenvalue weighted by Crippen LogP contribution is -2.34. The number of nitrogen functional groups attached to an aromatic ring is 1. The number of aryl methyl sites for hydroxylation is 1. The molecular formula is C14H24N2O3S. The Morgan fingerprint density at radius 2 is 1.95 bits per heavy atom. The molecule has 4 N–H and O–H groups in total. The van der Waals surface area contributed by atoms with Crippen LogP contribution in [0.1, 0.15) is 32.8 Å². The lowest BCUT2D eigenvalue weighted by molar-refractivity contribution is 0.125. The monoisotopic (exact) mass is 300 g/mol. The van der Waals surface area contributed by atoms with E-state index in [0.29, 0.717) is 17.7 Å². The van der Waals surface area contributed by atoms with Crippen molar-refractivity contribution in [2.24, 2.45) is 5.41 Å². The Morgan fingerprint density at radius 1 is 1.35 bits per heavy atom. The molecule has 0 bridgehead atoms. The second-order valence-corrected chi connectivity index (χ2v) is 8.03. The predicted octanol–water partition coefficient (Wildman–Crippen LogP) is 1.65. The second kappa shape index (κ2) is 6.11. The smallest absolute Gasteiger partial charge is 0.240 e. The third kappa shape index (κ3) is 5.11. The number of hydrogen-bond acceptors (Lipinski definition) is 4. The number of benzene rings is 1. The van der Waals surface area contributed by atoms with Gasteiger partial charge >= 0.3 is 0 Å². The van der Waals surface area contributed by atoms with Crippen LogP contribution in [0.4, 0.5) is 5.69 Å². The molecule has 1 aromatic rings. The van der Waals surface area contributed by atoms with E-state index in [0.717, 1.165) is 0 Å². The Bertz CT molecular complexity index is 562. The zero-order chi connectivity index (χ0) is 15.6. The van der Waals surface area contributed by atoms with E-state index in [1.807, 2.05) is 20.8 Å². The largest absolute Gasteiger partial charge is 0.399 e. The van der Waals surface area contributed by atoms with Crippen LogP contribution < -0.4 is 10.5 Å². The highest BCUT2D eigenvalue weighted by Gasteiger charge is 2.21. The summed E-state index contributed by atoms with van der Waals surface area (Å²) in [7, 11) is -3.65. The molecule has 0 heterocycles. The number of rotatable bonds is 5. The molecule has 0 radical (unpaired) electrons. The maximum Gasteiger partial charge on any atom is 0.240 e. The summed E-state index contributed by atoms with van der Waals surface area (Å²) in [5.41, 5.74) is 6.58. The van der Waals surface area contributed by atoms with Crippen LogP contribution in [0, 0.1) is 12.3 Å². The van der Waals surface area contributed by atoms with Crippen molar-refractivity contribution >= 4 is 15.7 Å². The van der Waals surface area contributed by atoms with E-state index in [4.69, 9.17) is 5.73 Å². The van der Waals surface area contributed by atoms with Gasteiger partial charge in [-0.15, -0.1) is 0 Å². The van der Waals surface area contributed by atoms with Gasteiger partial charge in [-0.05, 0) is 36.5 Å². The van der Waals surface area contributed by atoms with E-state index < -0.39 is 16.1 Å². The number of aliphatic hydroxyl groups excluding tert-OH is 1. The number of aliphatic hydroxyl groups is 1. The average Bonchev–Trinajstić information content (AvgIpc) is 2.27. The fourth-order valence-electron chi connectivity index (χ4n) is 1.97. The first-order chi connectivity index (χ1) is 9.01. The SMILES string of the molecule is Cc1ccc(N)cc1S(=O)(=O)NCC(O)CC(C)(C)C. The molecule has 0 saturated carbocycles. The minimum Gasteiger partial charge on any atom is -0.399 e. The van der Waals surface area contributed by atoms with Crippen LogP contribution in [-0.4, -0.2) is 26.2 Å². The van der Waals surface area contributed by atoms with Crippen molar-refractivity contribution in [3.63, 3.8) is 0 Å². The van der Waals surface area contributed by atoms with Gasteiger partial charge in [-0.25, -0.2) is 13.1 Å². The normalized spacial score (nSPS) is 14.2. The Morgan fingerprint density at radius 3 is 2.50 bits per heavy atom. The van der Waals surface area contributed by atoms with Crippen LogP contribution in [-0.2, 0) is 10.0 Å². The molecule has 0 aliphatic rings. The molecule has 1 unspecified atom stereocenters. The van der Waals surface area contributed by atoms with E-state index in [1.54, 1.807) is 19.1 Å². The maximum atomic E-state index is 12.2. The van der Waals surface area contributed by atoms with Crippen molar-refractivity contribution in [3.05, 3.63) is 23.8 Å². The summed E-state index contributed by atoms with van der Waals surface area (Å²) in [4.78, 5) is 0.153. The van der Waals surface area contributed by atoms with E-state index in [1.165, 1.54) is 6.07 Å². The third-order valence-corrected chi connectivity index (χ3v) is 4.42. The van der Waals surface area contributed by atoms with E-state index in [2.05, 4.69) is 4.72 Å². The number of nitrogens with two attached hydrogens (primary N) is 1. The minimum absolute atomic E-state index is 0.00611. The highest BCUT2D eigenvalue weighted by Crippen LogP contribution is 2.21. The van der Waals surface area contributed by atoms with Gasteiger partial charge in [-0.1, -0.05) is 26.8 Å². The molecular weight excluding hydrogens is 276 g/mol. The predicted molar refractivity (Wildman–Crippen MR) is 80.9 cm³/mol. The van der Waals surface area contributed by atoms with E-state index >= 15 is 0 Å². The Kier molecular flexibility index (Phi) is 5.18. The summed E-state index contributed by atoms with van der Waals surface area (Å²) in [6.45, 7) is 7.68. The molecule has 20 heavy (non-hydrogen) atoms. The lowest BCUT2D eigenvalue weighted by Gasteiger charge is -2.22. The molecule has 1 atom stereocenters. The zero-order valence-electron chi connectivity index (χ0n) is 12.5. The molecule has 114 valence electrons. The van der Waals surface area contributed by atoms with Crippen molar-refractivity contribution in [2.45, 2.75) is 45.1 Å². The second-order valence-electron chi connectivity index (χ2n) is 6.30. The molecule has 0 aliphatic heterocycles. The Balaban J connectivity index is 2.78. The number of sulfonamides is 1. The van der Waals surface area contributed by atoms with Gasteiger partial charge in [-0.3, -0.25) is 0 Å². The molecule has 0 aliphatic carbocycles. The van der Waals surface area contributed by atoms with Crippen LogP contribution in [0.15, 0.2) is 23.1 Å². The van der Waals surface area contributed by atoms with Gasteiger partial charge in [0.1, 0.15) is 0 Å². The molecule has 1 aromatic carbocycles. The van der Waals surface area contributed by atoms with Crippen LogP contribution >= 0.6 is 0 Å². The van der Waals surface area contributed by atoms with Crippen LogP contribution in [0.25, 0.3) is 0 Å². The summed E-state index contributed by atoms with van der Waals surface area (Å²) in [6.07, 6.45) is -0.197. The number of hydrogen-bond donors (Lipinski definition) is 3. The molecule has 5 nitrogen and oxygen atoms in total. The molecule has 6 heteroatoms. The summed E-state index contributed by atoms with van der Waals surface area (Å²) in [6, 6.07) is 4.74. The standard InChI is InChI=1S/C14H24N2O3S/c1-10-5-6-11(15)7-13(10)20(18,19)16-9-12(17)8-14(2,3)4/h5-7,12,16-17H,8-9,15H2,1-4H3. The van der Waals surface area contributed by atoms with Gasteiger partial charge in [-0.2, -0.15) is 0 Å². The molecule has 0 amide bonds. The van der Waals surface area contributed by atoms with Gasteiger partial charge in [0.2, 0.25) is 10.0 Å². The Hall–Kier alpha value is -1.11. The maximum absolute atomic E-state index is 12.2. The Labute approximate surface area is 121 Å². The topological polar surface area (TPSA) is 92.4 Å². The van der Waals surface area contributed by atoms with Crippen molar-refractivity contribution < 1.29 is 13.5 Å². The van der Waals surface area contributed by atoms with E-state index in [-0.39, 0.29) is 16.9 Å². The van der Waals surface area contributed by atoms with Gasteiger partial charge in [0.25, 0.3) is 0 Å². The molecule has 0 saturated heterocycles. The van der Waals surface area contributed by atoms with Crippen molar-refractivity contribution in [1.29, 1.82) is 0 Å². The number of anilines is 1. The quantitative estimate of drug-likeness (QED) is 0.721. The summed E-state index contributed by atoms with van der Waals surface area (Å²) < 4.78 is 26.8. The van der Waals surface area contributed by atoms with Crippen LogP contribution in [0.2, 0.25) is 0 Å². The summed E-state index contributed by atoms with van der Waals surface area (Å²) in [5.74, 6) is 0. The lowest BCUT2D eigenvalue weighted by atomic mass is 9.89. The van der Waals surface area contributed by atoms with Gasteiger partial charge in [0, 0.05) is 12.2 Å². The first-order valence-electron chi connectivity index (χ1n) is 6.55. The fourth-order valence-corrected chi connectivity index (χ4v) is 3.32. The first-order valence-corrected chi connectivity index (χ1v) is 8.03. The van der Waals surface area contributed by atoms with Crippen LogP contribution in [0.3, 0.4) is 0 Å². The molecule has 1 rings (SSSR count). The average molecular weight is 300 g/mol. The minimum atomic E-state index is -3.65. The highest BCUT2D eigenvalue weighted by molar-refractivity contribution is 7.89. The zero-order valence-corrected chi connectivity index (χ0v) is 13.3. The van der Waals surface area contributed by atoms with E-state index in [9.17, 15) is 13.5 Å². The van der Waals surface area contributed by atoms with Crippen molar-refractivity contribution in [3.8, 4) is 0 Å². The van der Waals surface area contributed by atoms with Gasteiger partial charge in [0.05, 0.1) is 11.0 Å². The third-order valence-electron chi connectivity index (χ3n) is 2.86. The molecule has 0 spiro atoms. The highest BCUT2D eigenvalue weighted by atomic mass is 32.2. The summed E-state index contributed by atoms with van der Waals surface area (Å²) >= 11 is 0. The van der Waals surface area contributed by atoms with Gasteiger partial charge in [0.15, 0.2) is 0 Å². The van der Waals surface area contributed by atoms with Crippen LogP contribution in [0.5, 0.6) is 0 Å². The number of nitrogens with one attached hydrogen (secondary N) is 1. The molecule has 0 aromatic heterocycles. The first kappa shape index (κ1) is 16.9.